The minimum absolute atomic E-state index is 1.06. The smallest absolute Gasteiger partial charge is 0.0373 e. The van der Waals surface area contributed by atoms with Gasteiger partial charge in [-0.1, -0.05) is 49.7 Å². The Morgan fingerprint density at radius 3 is 1.81 bits per heavy atom. The van der Waals surface area contributed by atoms with Crippen LogP contribution in [0.1, 0.15) is 25.1 Å². The molecule has 0 spiro atoms. The van der Waals surface area contributed by atoms with Crippen LogP contribution in [0.5, 0.6) is 0 Å². The highest BCUT2D eigenvalue weighted by atomic mass is 14.7. The first kappa shape index (κ1) is 12.4. The molecule has 0 aliphatic rings. The van der Waals surface area contributed by atoms with Gasteiger partial charge >= 0.3 is 0 Å². The largest absolute Gasteiger partial charge is 0.261 e. The van der Waals surface area contributed by atoms with E-state index in [1.165, 1.54) is 16.7 Å². The summed E-state index contributed by atoms with van der Waals surface area (Å²) in [4.78, 5) is 4.28. The maximum Gasteiger partial charge on any atom is 0.0373 e. The van der Waals surface area contributed by atoms with Crippen molar-refractivity contribution in [1.29, 1.82) is 0 Å². The zero-order valence-corrected chi connectivity index (χ0v) is 10.5. The second-order valence-corrected chi connectivity index (χ2v) is 3.55. The number of aryl methyl sites for hydroxylation is 2. The van der Waals surface area contributed by atoms with Gasteiger partial charge in [-0.3, -0.25) is 4.98 Å². The maximum atomic E-state index is 4.28. The van der Waals surface area contributed by atoms with E-state index in [4.69, 9.17) is 0 Å². The lowest BCUT2D eigenvalue weighted by atomic mass is 10.1. The molecular formula is C15H19N. The second-order valence-electron chi connectivity index (χ2n) is 3.55. The minimum atomic E-state index is 1.06. The molecule has 0 saturated heterocycles. The second kappa shape index (κ2) is 6.06. The van der Waals surface area contributed by atoms with Gasteiger partial charge in [-0.15, -0.1) is 0 Å². The first-order valence-electron chi connectivity index (χ1n) is 5.75. The number of hydrogen-bond donors (Lipinski definition) is 0. The van der Waals surface area contributed by atoms with Crippen molar-refractivity contribution in [2.24, 2.45) is 0 Å². The summed E-state index contributed by atoms with van der Waals surface area (Å²) in [5, 5.41) is 0. The predicted molar refractivity (Wildman–Crippen MR) is 70.5 cm³/mol. The molecule has 1 nitrogen and oxygen atoms in total. The van der Waals surface area contributed by atoms with Gasteiger partial charge in [0.25, 0.3) is 0 Å². The summed E-state index contributed by atoms with van der Waals surface area (Å²) in [5.74, 6) is 0. The Kier molecular flexibility index (Phi) is 4.71. The van der Waals surface area contributed by atoms with Crippen molar-refractivity contribution in [3.8, 4) is 11.1 Å². The third kappa shape index (κ3) is 3.20. The molecule has 0 radical (unpaired) electrons. The molecule has 0 N–H and O–H groups in total. The van der Waals surface area contributed by atoms with E-state index in [2.05, 4.69) is 42.2 Å². The van der Waals surface area contributed by atoms with Crippen molar-refractivity contribution in [3.63, 3.8) is 0 Å². The summed E-state index contributed by atoms with van der Waals surface area (Å²) in [5.41, 5.74) is 4.74. The summed E-state index contributed by atoms with van der Waals surface area (Å²) in [7, 11) is 0. The first-order chi connectivity index (χ1) is 7.75. The van der Waals surface area contributed by atoms with E-state index in [0.29, 0.717) is 0 Å². The number of nitrogens with zero attached hydrogens (tertiary/aromatic N) is 1. The highest BCUT2D eigenvalue weighted by Gasteiger charge is 1.96. The molecule has 0 aliphatic carbocycles. The van der Waals surface area contributed by atoms with Crippen molar-refractivity contribution < 1.29 is 0 Å². The topological polar surface area (TPSA) is 12.9 Å². The number of rotatable bonds is 1. The summed E-state index contributed by atoms with van der Waals surface area (Å²) in [6.07, 6.45) is 1.92. The number of hydrogen-bond acceptors (Lipinski definition) is 1. The van der Waals surface area contributed by atoms with E-state index in [1.54, 1.807) is 0 Å². The molecule has 0 aliphatic heterocycles. The van der Waals surface area contributed by atoms with Crippen LogP contribution < -0.4 is 0 Å². The minimum Gasteiger partial charge on any atom is -0.261 e. The SMILES string of the molecule is CC.Cc1ccc(-c2ccc(C)nc2)cc1. The fourth-order valence-electron chi connectivity index (χ4n) is 1.38. The predicted octanol–water partition coefficient (Wildman–Crippen LogP) is 4.39. The molecule has 1 aromatic heterocycles. The lowest BCUT2D eigenvalue weighted by molar-refractivity contribution is 1.20. The molecular weight excluding hydrogens is 194 g/mol. The third-order valence-electron chi connectivity index (χ3n) is 2.30. The van der Waals surface area contributed by atoms with Crippen LogP contribution in [0.15, 0.2) is 42.6 Å². The zero-order valence-electron chi connectivity index (χ0n) is 10.5. The van der Waals surface area contributed by atoms with Crippen LogP contribution in [-0.2, 0) is 0 Å². The van der Waals surface area contributed by atoms with Crippen molar-refractivity contribution in [2.45, 2.75) is 27.7 Å². The molecule has 0 atom stereocenters. The fourth-order valence-corrected chi connectivity index (χ4v) is 1.38. The quantitative estimate of drug-likeness (QED) is 0.684. The summed E-state index contributed by atoms with van der Waals surface area (Å²) in [6, 6.07) is 12.6. The third-order valence-corrected chi connectivity index (χ3v) is 2.30. The van der Waals surface area contributed by atoms with Gasteiger partial charge in [-0.25, -0.2) is 0 Å². The molecule has 0 unspecified atom stereocenters. The van der Waals surface area contributed by atoms with Gasteiger partial charge in [0.15, 0.2) is 0 Å². The van der Waals surface area contributed by atoms with E-state index in [-0.39, 0.29) is 0 Å². The Labute approximate surface area is 98.2 Å². The Hall–Kier alpha value is -1.63. The summed E-state index contributed by atoms with van der Waals surface area (Å²) in [6.45, 7) is 8.09. The van der Waals surface area contributed by atoms with Crippen LogP contribution in [0.4, 0.5) is 0 Å². The van der Waals surface area contributed by atoms with Gasteiger partial charge in [0.1, 0.15) is 0 Å². The van der Waals surface area contributed by atoms with Gasteiger partial charge < -0.3 is 0 Å². The monoisotopic (exact) mass is 213 g/mol. The molecule has 84 valence electrons. The lowest BCUT2D eigenvalue weighted by Gasteiger charge is -2.01. The molecule has 2 rings (SSSR count). The fraction of sp³-hybridized carbons (Fsp3) is 0.267. The average Bonchev–Trinajstić information content (AvgIpc) is 2.34. The molecule has 0 amide bonds. The molecule has 1 heteroatoms. The van der Waals surface area contributed by atoms with Crippen LogP contribution in [0.25, 0.3) is 11.1 Å². The molecule has 0 saturated carbocycles. The van der Waals surface area contributed by atoms with Crippen molar-refractivity contribution in [1.82, 2.24) is 4.98 Å². The number of benzene rings is 1. The molecule has 1 aromatic carbocycles. The van der Waals surface area contributed by atoms with Gasteiger partial charge in [-0.05, 0) is 25.5 Å². The van der Waals surface area contributed by atoms with Crippen LogP contribution in [0, 0.1) is 13.8 Å². The average molecular weight is 213 g/mol. The first-order valence-corrected chi connectivity index (χ1v) is 5.75. The van der Waals surface area contributed by atoms with E-state index >= 15 is 0 Å². The van der Waals surface area contributed by atoms with Crippen molar-refractivity contribution in [2.75, 3.05) is 0 Å². The Bertz CT molecular complexity index is 369. The standard InChI is InChI=1S/C13H13N.C2H6/c1-10-3-6-12(7-4-10)13-8-5-11(2)14-9-13;1-2/h3-9H,1-2H3;1-2H3. The Balaban J connectivity index is 0.000000606. The normalized spacial score (nSPS) is 9.25. The highest BCUT2D eigenvalue weighted by Crippen LogP contribution is 2.18. The summed E-state index contributed by atoms with van der Waals surface area (Å²) < 4.78 is 0. The van der Waals surface area contributed by atoms with Gasteiger partial charge in [-0.2, -0.15) is 0 Å². The number of aromatic nitrogens is 1. The summed E-state index contributed by atoms with van der Waals surface area (Å²) >= 11 is 0. The van der Waals surface area contributed by atoms with E-state index in [0.717, 1.165) is 5.69 Å². The van der Waals surface area contributed by atoms with E-state index < -0.39 is 0 Å². The van der Waals surface area contributed by atoms with Gasteiger partial charge in [0, 0.05) is 17.5 Å². The van der Waals surface area contributed by atoms with Crippen molar-refractivity contribution in [3.05, 3.63) is 53.9 Å². The van der Waals surface area contributed by atoms with Crippen LogP contribution in [-0.4, -0.2) is 4.98 Å². The van der Waals surface area contributed by atoms with Crippen LogP contribution >= 0.6 is 0 Å². The van der Waals surface area contributed by atoms with E-state index in [9.17, 15) is 0 Å². The molecule has 0 fully saturated rings. The molecule has 0 bridgehead atoms. The molecule has 16 heavy (non-hydrogen) atoms. The molecule has 1 heterocycles. The maximum absolute atomic E-state index is 4.28. The van der Waals surface area contributed by atoms with Crippen LogP contribution in [0.3, 0.4) is 0 Å². The Morgan fingerprint density at radius 1 is 0.750 bits per heavy atom. The van der Waals surface area contributed by atoms with Gasteiger partial charge in [0.05, 0.1) is 0 Å². The van der Waals surface area contributed by atoms with Crippen LogP contribution in [0.2, 0.25) is 0 Å². The highest BCUT2D eigenvalue weighted by molar-refractivity contribution is 5.62. The lowest BCUT2D eigenvalue weighted by Crippen LogP contribution is -1.82. The molecule has 2 aromatic rings. The van der Waals surface area contributed by atoms with Gasteiger partial charge in [0.2, 0.25) is 0 Å². The Morgan fingerprint density at radius 2 is 1.31 bits per heavy atom. The zero-order chi connectivity index (χ0) is 12.0. The van der Waals surface area contributed by atoms with Crippen molar-refractivity contribution >= 4 is 0 Å². The van der Waals surface area contributed by atoms with E-state index in [1.807, 2.05) is 33.0 Å². The number of pyridine rings is 1.